The first-order valence-electron chi connectivity index (χ1n) is 23.0. The van der Waals surface area contributed by atoms with Crippen molar-refractivity contribution in [3.63, 3.8) is 0 Å². The lowest BCUT2D eigenvalue weighted by Crippen LogP contribution is -1.97. The molecule has 1 aliphatic rings. The van der Waals surface area contributed by atoms with E-state index in [1.54, 1.807) is 0 Å². The van der Waals surface area contributed by atoms with Gasteiger partial charge in [0.1, 0.15) is 5.82 Å². The zero-order chi connectivity index (χ0) is 46.5. The fourth-order valence-electron chi connectivity index (χ4n) is 11.1. The van der Waals surface area contributed by atoms with Gasteiger partial charge < -0.3 is 0 Å². The molecule has 0 saturated carbocycles. The normalized spacial score (nSPS) is 11.6. The Morgan fingerprint density at radius 2 is 1.01 bits per heavy atom. The number of nitrogens with zero attached hydrogens (tertiary/aromatic N) is 5. The number of fused-ring (bicyclic) bond motifs is 9. The third kappa shape index (κ3) is 6.04. The lowest BCUT2D eigenvalue weighted by molar-refractivity contribution is 1.10. The topological polar surface area (TPSA) is 69.8 Å². The molecule has 12 aromatic rings. The summed E-state index contributed by atoms with van der Waals surface area (Å²) in [6, 6.07) is 70.7. The number of rotatable bonds is 5. The SMILES string of the molecule is [C-]#[N+]c1ccc2c(c1)c(-c1ccc(C#N)cc1C)cc1c3cc4c(cc3c(-c3ccc(C#N)cc3C)cc21)-c1cccc2c(-c3ccc(-n5c(-c6ccccc6)nc6ccccc65)cc3)ccc-4c12. The summed E-state index contributed by atoms with van der Waals surface area (Å²) in [5.41, 5.74) is 19.3. The van der Waals surface area contributed by atoms with Crippen LogP contribution in [0, 0.1) is 43.1 Å². The Bertz CT molecular complexity index is 4350. The molecule has 1 heterocycles. The number of para-hydroxylation sites is 2. The molecule has 1 aromatic heterocycles. The molecule has 0 radical (unpaired) electrons. The largest absolute Gasteiger partial charge is 0.292 e. The Balaban J connectivity index is 1.03. The number of hydrogen-bond donors (Lipinski definition) is 0. The van der Waals surface area contributed by atoms with Gasteiger partial charge >= 0.3 is 0 Å². The number of hydrogen-bond acceptors (Lipinski definition) is 3. The Labute approximate surface area is 398 Å². The van der Waals surface area contributed by atoms with Gasteiger partial charge in [0.05, 0.1) is 40.9 Å². The van der Waals surface area contributed by atoms with E-state index in [1.807, 2.05) is 54.6 Å². The molecule has 5 nitrogen and oxygen atoms in total. The molecule has 0 amide bonds. The fraction of sp³-hybridized carbons (Fsp3) is 0.0312. The minimum absolute atomic E-state index is 0.571. The van der Waals surface area contributed by atoms with Crippen molar-refractivity contribution in [2.75, 3.05) is 0 Å². The molecule has 0 saturated heterocycles. The number of benzene rings is 11. The van der Waals surface area contributed by atoms with E-state index in [2.05, 4.69) is 169 Å². The highest BCUT2D eigenvalue weighted by Crippen LogP contribution is 2.53. The standard InChI is InChI=1S/C64H37N5/c1-37-28-39(35-65)16-23-45(37)53-32-59-55(48-25-20-43(67-3)30-52(48)53)31-54(46-24-17-40(36-66)29-38(46)2)58-33-56-50-13-9-12-49-47(26-27-51(63(49)50)57(56)34-60(58)59)41-18-21-44(22-19-41)69-62-15-8-7-14-61(62)68-64(69)42-10-5-4-6-11-42/h4-34H,1-2H3. The zero-order valence-corrected chi connectivity index (χ0v) is 37.6. The van der Waals surface area contributed by atoms with Gasteiger partial charge in [-0.05, 0) is 203 Å². The van der Waals surface area contributed by atoms with E-state index in [9.17, 15) is 10.5 Å². The number of nitriles is 2. The van der Waals surface area contributed by atoms with E-state index in [-0.39, 0.29) is 0 Å². The predicted molar refractivity (Wildman–Crippen MR) is 282 cm³/mol. The van der Waals surface area contributed by atoms with Crippen molar-refractivity contribution in [1.29, 1.82) is 10.5 Å². The highest BCUT2D eigenvalue weighted by Gasteiger charge is 2.26. The molecule has 1 aliphatic carbocycles. The number of aryl methyl sites for hydroxylation is 2. The van der Waals surface area contributed by atoms with Crippen molar-refractivity contribution in [2.45, 2.75) is 13.8 Å². The maximum Gasteiger partial charge on any atom is 0.187 e. The molecule has 69 heavy (non-hydrogen) atoms. The lowest BCUT2D eigenvalue weighted by atomic mass is 9.84. The van der Waals surface area contributed by atoms with E-state index in [0.717, 1.165) is 99.4 Å². The van der Waals surface area contributed by atoms with Crippen LogP contribution in [0.1, 0.15) is 22.3 Å². The second-order valence-corrected chi connectivity index (χ2v) is 18.1. The summed E-state index contributed by atoms with van der Waals surface area (Å²) in [6.07, 6.45) is 0. The monoisotopic (exact) mass is 875 g/mol. The first-order chi connectivity index (χ1) is 33.9. The van der Waals surface area contributed by atoms with Crippen LogP contribution in [-0.4, -0.2) is 9.55 Å². The van der Waals surface area contributed by atoms with Gasteiger partial charge in [0.15, 0.2) is 5.69 Å². The summed E-state index contributed by atoms with van der Waals surface area (Å²) in [5, 5.41) is 28.5. The third-order valence-corrected chi connectivity index (χ3v) is 14.3. The lowest BCUT2D eigenvalue weighted by Gasteiger charge is -2.19. The van der Waals surface area contributed by atoms with Gasteiger partial charge in [0.2, 0.25) is 0 Å². The molecule has 0 bridgehead atoms. The number of imidazole rings is 1. The quantitative estimate of drug-likeness (QED) is 0.128. The Morgan fingerprint density at radius 1 is 0.435 bits per heavy atom. The van der Waals surface area contributed by atoms with Gasteiger partial charge in [-0.25, -0.2) is 9.83 Å². The summed E-state index contributed by atoms with van der Waals surface area (Å²) in [6.45, 7) is 12.1. The molecule has 13 rings (SSSR count). The molecule has 0 fully saturated rings. The van der Waals surface area contributed by atoms with Gasteiger partial charge in [0.25, 0.3) is 0 Å². The third-order valence-electron chi connectivity index (χ3n) is 14.3. The van der Waals surface area contributed by atoms with Crippen LogP contribution in [0.3, 0.4) is 0 Å². The maximum atomic E-state index is 9.87. The Hall–Kier alpha value is -9.60. The van der Waals surface area contributed by atoms with Gasteiger partial charge in [-0.2, -0.15) is 10.5 Å². The average Bonchev–Trinajstić information content (AvgIpc) is 3.94. The van der Waals surface area contributed by atoms with Crippen LogP contribution in [0.25, 0.3) is 132 Å². The van der Waals surface area contributed by atoms with Crippen molar-refractivity contribution >= 4 is 59.8 Å². The maximum absolute atomic E-state index is 9.87. The van der Waals surface area contributed by atoms with Crippen LogP contribution in [0.15, 0.2) is 188 Å². The Morgan fingerprint density at radius 3 is 1.70 bits per heavy atom. The highest BCUT2D eigenvalue weighted by atomic mass is 15.1. The van der Waals surface area contributed by atoms with Gasteiger partial charge in [-0.3, -0.25) is 4.57 Å². The van der Waals surface area contributed by atoms with Crippen molar-refractivity contribution < 1.29 is 0 Å². The Kier molecular flexibility index (Phi) is 8.77. The number of aromatic nitrogens is 2. The van der Waals surface area contributed by atoms with Crippen molar-refractivity contribution in [3.8, 4) is 84.8 Å². The predicted octanol–water partition coefficient (Wildman–Crippen LogP) is 16.9. The smallest absolute Gasteiger partial charge is 0.187 e. The minimum atomic E-state index is 0.571. The van der Waals surface area contributed by atoms with E-state index < -0.39 is 0 Å². The molecular formula is C64H37N5. The summed E-state index contributed by atoms with van der Waals surface area (Å²) in [7, 11) is 0. The van der Waals surface area contributed by atoms with Crippen LogP contribution in [0.2, 0.25) is 0 Å². The van der Waals surface area contributed by atoms with Crippen molar-refractivity contribution in [1.82, 2.24) is 9.55 Å². The zero-order valence-electron chi connectivity index (χ0n) is 37.6. The second-order valence-electron chi connectivity index (χ2n) is 18.1. The fourth-order valence-corrected chi connectivity index (χ4v) is 11.1. The molecule has 318 valence electrons. The summed E-state index contributed by atoms with van der Waals surface area (Å²) < 4.78 is 2.25. The van der Waals surface area contributed by atoms with E-state index in [4.69, 9.17) is 11.6 Å². The molecule has 11 aromatic carbocycles. The van der Waals surface area contributed by atoms with E-state index in [0.29, 0.717) is 16.8 Å². The van der Waals surface area contributed by atoms with Crippen LogP contribution in [0.4, 0.5) is 5.69 Å². The first-order valence-corrected chi connectivity index (χ1v) is 23.0. The molecule has 5 heteroatoms. The molecular weight excluding hydrogens is 839 g/mol. The van der Waals surface area contributed by atoms with Gasteiger partial charge in [0, 0.05) is 11.3 Å². The van der Waals surface area contributed by atoms with Crippen LogP contribution in [-0.2, 0) is 0 Å². The first kappa shape index (κ1) is 39.7. The highest BCUT2D eigenvalue weighted by molar-refractivity contribution is 6.28. The molecule has 0 spiro atoms. The van der Waals surface area contributed by atoms with Crippen molar-refractivity contribution in [2.24, 2.45) is 0 Å². The van der Waals surface area contributed by atoms with Crippen LogP contribution in [0.5, 0.6) is 0 Å². The molecule has 0 atom stereocenters. The van der Waals surface area contributed by atoms with Gasteiger partial charge in [-0.15, -0.1) is 0 Å². The molecule has 0 unspecified atom stereocenters. The summed E-state index contributed by atoms with van der Waals surface area (Å²) in [4.78, 5) is 8.92. The minimum Gasteiger partial charge on any atom is -0.292 e. The van der Waals surface area contributed by atoms with Gasteiger partial charge in [-0.1, -0.05) is 109 Å². The van der Waals surface area contributed by atoms with Crippen LogP contribution >= 0.6 is 0 Å². The van der Waals surface area contributed by atoms with Crippen LogP contribution < -0.4 is 0 Å². The summed E-state index contributed by atoms with van der Waals surface area (Å²) >= 11 is 0. The van der Waals surface area contributed by atoms with E-state index >= 15 is 0 Å². The molecule has 0 aliphatic heterocycles. The second kappa shape index (κ2) is 15.2. The van der Waals surface area contributed by atoms with Crippen molar-refractivity contribution in [3.05, 3.63) is 222 Å². The summed E-state index contributed by atoms with van der Waals surface area (Å²) in [5.74, 6) is 0.910. The average molecular weight is 876 g/mol. The van der Waals surface area contributed by atoms with E-state index in [1.165, 1.54) is 38.6 Å². The molecule has 0 N–H and O–H groups in total.